The van der Waals surface area contributed by atoms with E-state index in [1.807, 2.05) is 0 Å². The summed E-state index contributed by atoms with van der Waals surface area (Å²) in [5.74, 6) is 2.05. The molecule has 0 amide bonds. The average Bonchev–Trinajstić information content (AvgIpc) is 2.46. The molecule has 0 aromatic heterocycles. The van der Waals surface area contributed by atoms with Crippen LogP contribution in [0.1, 0.15) is 32.6 Å². The molecular weight excluding hydrogens is 122 g/mol. The largest absolute Gasteiger partial charge is 0.314 e. The highest BCUT2D eigenvalue weighted by atomic mass is 15.0. The Morgan fingerprint density at radius 3 is 2.50 bits per heavy atom. The molecule has 1 nitrogen and oxygen atoms in total. The van der Waals surface area contributed by atoms with Crippen LogP contribution in [0.3, 0.4) is 0 Å². The molecule has 10 heavy (non-hydrogen) atoms. The number of fused-ring (bicyclic) bond motifs is 2. The molecule has 2 bridgehead atoms. The van der Waals surface area contributed by atoms with Crippen LogP contribution in [-0.4, -0.2) is 12.6 Å². The van der Waals surface area contributed by atoms with Gasteiger partial charge in [-0.1, -0.05) is 6.42 Å². The fourth-order valence-electron chi connectivity index (χ4n) is 2.91. The molecule has 2 rings (SSSR count). The van der Waals surface area contributed by atoms with Crippen molar-refractivity contribution in [1.82, 2.24) is 5.32 Å². The quantitative estimate of drug-likeness (QED) is 0.584. The molecule has 3 unspecified atom stereocenters. The molecule has 0 radical (unpaired) electrons. The van der Waals surface area contributed by atoms with E-state index >= 15 is 0 Å². The lowest BCUT2D eigenvalue weighted by atomic mass is 9.83. The van der Waals surface area contributed by atoms with Crippen molar-refractivity contribution in [3.63, 3.8) is 0 Å². The minimum Gasteiger partial charge on any atom is -0.314 e. The Morgan fingerprint density at radius 1 is 1.40 bits per heavy atom. The van der Waals surface area contributed by atoms with Crippen LogP contribution in [0, 0.1) is 11.8 Å². The van der Waals surface area contributed by atoms with Crippen molar-refractivity contribution < 1.29 is 0 Å². The Morgan fingerprint density at radius 2 is 2.20 bits per heavy atom. The minimum absolute atomic E-state index is 0.503. The molecule has 0 aromatic carbocycles. The van der Waals surface area contributed by atoms with E-state index in [4.69, 9.17) is 0 Å². The average molecular weight is 139 g/mol. The Labute approximate surface area is 63.2 Å². The fourth-order valence-corrected chi connectivity index (χ4v) is 2.91. The summed E-state index contributed by atoms with van der Waals surface area (Å²) in [7, 11) is 2.11. The number of rotatable bonds is 1. The molecule has 2 aliphatic rings. The maximum atomic E-state index is 3.47. The Bertz CT molecular complexity index is 144. The van der Waals surface area contributed by atoms with Gasteiger partial charge in [-0.15, -0.1) is 0 Å². The summed E-state index contributed by atoms with van der Waals surface area (Å²) in [5.41, 5.74) is 0.503. The standard InChI is InChI=1S/C9H17N/c1-9(10-2)6-7-3-4-8(9)5-7/h7-8,10H,3-6H2,1-2H3. The lowest BCUT2D eigenvalue weighted by Gasteiger charge is -2.33. The van der Waals surface area contributed by atoms with Gasteiger partial charge in [0.15, 0.2) is 0 Å². The normalized spacial score (nSPS) is 52.2. The first-order valence-corrected chi connectivity index (χ1v) is 4.43. The maximum Gasteiger partial charge on any atom is 0.0181 e. The van der Waals surface area contributed by atoms with E-state index in [0.717, 1.165) is 11.8 Å². The van der Waals surface area contributed by atoms with Crippen LogP contribution in [0.4, 0.5) is 0 Å². The van der Waals surface area contributed by atoms with Gasteiger partial charge in [0.1, 0.15) is 0 Å². The fraction of sp³-hybridized carbons (Fsp3) is 1.00. The molecular formula is C9H17N. The zero-order valence-electron chi connectivity index (χ0n) is 6.98. The second-order valence-corrected chi connectivity index (χ2v) is 4.25. The molecule has 0 heterocycles. The van der Waals surface area contributed by atoms with Gasteiger partial charge in [0.05, 0.1) is 0 Å². The topological polar surface area (TPSA) is 12.0 Å². The van der Waals surface area contributed by atoms with Crippen LogP contribution in [0.15, 0.2) is 0 Å². The van der Waals surface area contributed by atoms with Crippen molar-refractivity contribution in [2.45, 2.75) is 38.1 Å². The lowest BCUT2D eigenvalue weighted by Crippen LogP contribution is -2.44. The van der Waals surface area contributed by atoms with Gasteiger partial charge in [0.25, 0.3) is 0 Å². The Balaban J connectivity index is 2.14. The summed E-state index contributed by atoms with van der Waals surface area (Å²) in [5, 5.41) is 3.47. The number of hydrogen-bond acceptors (Lipinski definition) is 1. The van der Waals surface area contributed by atoms with Crippen molar-refractivity contribution in [2.75, 3.05) is 7.05 Å². The molecule has 0 saturated heterocycles. The molecule has 0 aliphatic heterocycles. The summed E-state index contributed by atoms with van der Waals surface area (Å²) in [6.45, 7) is 2.39. The lowest BCUT2D eigenvalue weighted by molar-refractivity contribution is 0.247. The zero-order valence-corrected chi connectivity index (χ0v) is 6.98. The first-order chi connectivity index (χ1) is 4.74. The molecule has 0 spiro atoms. The van der Waals surface area contributed by atoms with Gasteiger partial charge >= 0.3 is 0 Å². The van der Waals surface area contributed by atoms with Crippen LogP contribution in [-0.2, 0) is 0 Å². The van der Waals surface area contributed by atoms with Crippen LogP contribution in [0.25, 0.3) is 0 Å². The van der Waals surface area contributed by atoms with E-state index in [1.165, 1.54) is 25.7 Å². The van der Waals surface area contributed by atoms with E-state index in [0.29, 0.717) is 5.54 Å². The predicted molar refractivity (Wildman–Crippen MR) is 42.9 cm³/mol. The van der Waals surface area contributed by atoms with E-state index in [-0.39, 0.29) is 0 Å². The van der Waals surface area contributed by atoms with Gasteiger partial charge in [-0.05, 0) is 45.1 Å². The van der Waals surface area contributed by atoms with Crippen molar-refractivity contribution >= 4 is 0 Å². The van der Waals surface area contributed by atoms with Crippen molar-refractivity contribution in [3.05, 3.63) is 0 Å². The van der Waals surface area contributed by atoms with Crippen LogP contribution in [0.2, 0.25) is 0 Å². The van der Waals surface area contributed by atoms with Gasteiger partial charge in [-0.25, -0.2) is 0 Å². The van der Waals surface area contributed by atoms with Gasteiger partial charge in [0.2, 0.25) is 0 Å². The van der Waals surface area contributed by atoms with E-state index in [9.17, 15) is 0 Å². The Kier molecular flexibility index (Phi) is 1.31. The van der Waals surface area contributed by atoms with Crippen molar-refractivity contribution in [1.29, 1.82) is 0 Å². The molecule has 1 N–H and O–H groups in total. The number of hydrogen-bond donors (Lipinski definition) is 1. The van der Waals surface area contributed by atoms with Gasteiger partial charge in [-0.3, -0.25) is 0 Å². The first-order valence-electron chi connectivity index (χ1n) is 4.43. The highest BCUT2D eigenvalue weighted by Gasteiger charge is 2.46. The third-order valence-corrected chi connectivity index (χ3v) is 3.73. The summed E-state index contributed by atoms with van der Waals surface area (Å²) < 4.78 is 0. The predicted octanol–water partition coefficient (Wildman–Crippen LogP) is 1.78. The molecule has 2 aliphatic carbocycles. The van der Waals surface area contributed by atoms with Crippen LogP contribution in [0.5, 0.6) is 0 Å². The van der Waals surface area contributed by atoms with E-state index < -0.39 is 0 Å². The molecule has 58 valence electrons. The van der Waals surface area contributed by atoms with Gasteiger partial charge in [0, 0.05) is 5.54 Å². The monoisotopic (exact) mass is 139 g/mol. The molecule has 2 saturated carbocycles. The number of nitrogens with one attached hydrogen (secondary N) is 1. The molecule has 2 fully saturated rings. The molecule has 0 aromatic rings. The smallest absolute Gasteiger partial charge is 0.0181 e. The van der Waals surface area contributed by atoms with E-state index in [2.05, 4.69) is 19.3 Å². The third-order valence-electron chi connectivity index (χ3n) is 3.73. The van der Waals surface area contributed by atoms with Crippen molar-refractivity contribution in [2.24, 2.45) is 11.8 Å². The van der Waals surface area contributed by atoms with Gasteiger partial charge < -0.3 is 5.32 Å². The van der Waals surface area contributed by atoms with Crippen LogP contribution < -0.4 is 5.32 Å². The SMILES string of the molecule is CNC1(C)CC2CCC1C2. The summed E-state index contributed by atoms with van der Waals surface area (Å²) in [6.07, 6.45) is 5.90. The first kappa shape index (κ1) is 6.66. The minimum atomic E-state index is 0.503. The highest BCUT2D eigenvalue weighted by molar-refractivity contribution is 5.02. The summed E-state index contributed by atoms with van der Waals surface area (Å²) >= 11 is 0. The Hall–Kier alpha value is -0.0400. The zero-order chi connectivity index (χ0) is 7.19. The highest BCUT2D eigenvalue weighted by Crippen LogP contribution is 2.50. The molecule has 3 atom stereocenters. The summed E-state index contributed by atoms with van der Waals surface area (Å²) in [4.78, 5) is 0. The molecule has 1 heteroatoms. The van der Waals surface area contributed by atoms with Crippen LogP contribution >= 0.6 is 0 Å². The van der Waals surface area contributed by atoms with Crippen molar-refractivity contribution in [3.8, 4) is 0 Å². The van der Waals surface area contributed by atoms with Gasteiger partial charge in [-0.2, -0.15) is 0 Å². The second kappa shape index (κ2) is 1.97. The summed E-state index contributed by atoms with van der Waals surface area (Å²) in [6, 6.07) is 0. The van der Waals surface area contributed by atoms with E-state index in [1.54, 1.807) is 0 Å². The maximum absolute atomic E-state index is 3.47. The third kappa shape index (κ3) is 0.731. The second-order valence-electron chi connectivity index (χ2n) is 4.25.